The number of benzene rings is 1. The van der Waals surface area contributed by atoms with E-state index in [1.54, 1.807) is 11.3 Å². The number of aromatic nitrogens is 1. The molecule has 96 valence electrons. The number of carbonyl (C=O) groups is 1. The number of hydrogen-bond acceptors (Lipinski definition) is 5. The number of rotatable bonds is 6. The van der Waals surface area contributed by atoms with Crippen LogP contribution in [0.25, 0.3) is 10.2 Å². The van der Waals surface area contributed by atoms with Crippen LogP contribution in [0.3, 0.4) is 0 Å². The van der Waals surface area contributed by atoms with E-state index >= 15 is 0 Å². The molecule has 0 saturated carbocycles. The molecule has 0 saturated heterocycles. The summed E-state index contributed by atoms with van der Waals surface area (Å²) in [5.74, 6) is -0.453. The first-order valence-electron chi connectivity index (χ1n) is 5.62. The maximum Gasteiger partial charge on any atom is 0.243 e. The lowest BCUT2D eigenvalue weighted by molar-refractivity contribution is -0.122. The van der Waals surface area contributed by atoms with E-state index in [1.165, 1.54) is 5.56 Å². The average Bonchev–Trinajstić information content (AvgIpc) is 2.70. The number of nitrogens with one attached hydrogen (secondary N) is 1. The minimum absolute atomic E-state index is 0.0410. The Labute approximate surface area is 109 Å². The third-order valence-corrected chi connectivity index (χ3v) is 3.30. The Kier molecular flexibility index (Phi) is 4.11. The monoisotopic (exact) mass is 265 g/mol. The molecule has 2 rings (SSSR count). The van der Waals surface area contributed by atoms with Crippen LogP contribution >= 0.6 is 11.3 Å². The maximum atomic E-state index is 10.4. The van der Waals surface area contributed by atoms with Gasteiger partial charge in [0.05, 0.1) is 16.8 Å². The number of hydrogen-bond donors (Lipinski definition) is 2. The van der Waals surface area contributed by atoms with E-state index in [-0.39, 0.29) is 6.61 Å². The number of ether oxygens (including phenoxy) is 1. The molecule has 1 aromatic carbocycles. The normalized spacial score (nSPS) is 10.7. The third kappa shape index (κ3) is 3.41. The number of thiazole rings is 1. The molecule has 1 heterocycles. The van der Waals surface area contributed by atoms with Crippen LogP contribution in [0.15, 0.2) is 18.2 Å². The number of nitrogens with two attached hydrogens (primary N) is 1. The Morgan fingerprint density at radius 3 is 3.17 bits per heavy atom. The van der Waals surface area contributed by atoms with Gasteiger partial charge in [0.25, 0.3) is 0 Å². The molecule has 2 aromatic rings. The van der Waals surface area contributed by atoms with Crippen LogP contribution in [0.5, 0.6) is 0 Å². The van der Waals surface area contributed by atoms with Gasteiger partial charge >= 0.3 is 0 Å². The van der Waals surface area contributed by atoms with Crippen LogP contribution < -0.4 is 11.1 Å². The van der Waals surface area contributed by atoms with Crippen molar-refractivity contribution >= 4 is 32.6 Å². The lowest BCUT2D eigenvalue weighted by atomic mass is 10.2. The molecule has 0 aliphatic heterocycles. The predicted molar refractivity (Wildman–Crippen MR) is 72.9 cm³/mol. The van der Waals surface area contributed by atoms with Crippen molar-refractivity contribution < 1.29 is 9.53 Å². The fourth-order valence-corrected chi connectivity index (χ4v) is 2.39. The van der Waals surface area contributed by atoms with Crippen LogP contribution in [-0.2, 0) is 9.53 Å². The van der Waals surface area contributed by atoms with Gasteiger partial charge < -0.3 is 15.8 Å². The zero-order chi connectivity index (χ0) is 13.0. The molecule has 1 aromatic heterocycles. The summed E-state index contributed by atoms with van der Waals surface area (Å²) < 4.78 is 6.20. The summed E-state index contributed by atoms with van der Waals surface area (Å²) in [6, 6.07) is 6.19. The summed E-state index contributed by atoms with van der Waals surface area (Å²) in [7, 11) is 0. The van der Waals surface area contributed by atoms with Gasteiger partial charge in [0.15, 0.2) is 5.13 Å². The van der Waals surface area contributed by atoms with Crippen LogP contribution in [0.1, 0.15) is 5.56 Å². The summed E-state index contributed by atoms with van der Waals surface area (Å²) in [6.45, 7) is 3.04. The Hall–Kier alpha value is -1.66. The molecule has 0 bridgehead atoms. The number of amides is 1. The second kappa shape index (κ2) is 5.79. The van der Waals surface area contributed by atoms with E-state index in [1.807, 2.05) is 6.92 Å². The van der Waals surface area contributed by atoms with Crippen LogP contribution in [-0.4, -0.2) is 30.6 Å². The van der Waals surface area contributed by atoms with Gasteiger partial charge in [-0.2, -0.15) is 0 Å². The molecule has 18 heavy (non-hydrogen) atoms. The van der Waals surface area contributed by atoms with E-state index < -0.39 is 5.91 Å². The molecular weight excluding hydrogens is 250 g/mol. The van der Waals surface area contributed by atoms with Gasteiger partial charge in [-0.3, -0.25) is 4.79 Å². The Morgan fingerprint density at radius 2 is 2.39 bits per heavy atom. The van der Waals surface area contributed by atoms with Crippen molar-refractivity contribution in [2.45, 2.75) is 6.92 Å². The van der Waals surface area contributed by atoms with Gasteiger partial charge in [0.2, 0.25) is 5.91 Å². The van der Waals surface area contributed by atoms with Crippen molar-refractivity contribution in [2.24, 2.45) is 5.73 Å². The Morgan fingerprint density at radius 1 is 1.56 bits per heavy atom. The van der Waals surface area contributed by atoms with Gasteiger partial charge in [0, 0.05) is 6.54 Å². The zero-order valence-electron chi connectivity index (χ0n) is 10.1. The zero-order valence-corrected chi connectivity index (χ0v) is 10.9. The van der Waals surface area contributed by atoms with E-state index in [4.69, 9.17) is 10.5 Å². The molecule has 0 aliphatic rings. The molecule has 6 heteroatoms. The molecule has 0 atom stereocenters. The standard InChI is InChI=1S/C12H15N3O2S/c1-8-2-3-10-9(6-8)15-12(18-10)14-4-5-17-7-11(13)16/h2-3,6H,4-5,7H2,1H3,(H2,13,16)(H,14,15). The van der Waals surface area contributed by atoms with Crippen LogP contribution in [0.4, 0.5) is 5.13 Å². The first kappa shape index (κ1) is 12.8. The first-order chi connectivity index (χ1) is 8.65. The average molecular weight is 265 g/mol. The molecule has 5 nitrogen and oxygen atoms in total. The highest BCUT2D eigenvalue weighted by Crippen LogP contribution is 2.26. The molecule has 3 N–H and O–H groups in total. The largest absolute Gasteiger partial charge is 0.370 e. The lowest BCUT2D eigenvalue weighted by Crippen LogP contribution is -2.20. The van der Waals surface area contributed by atoms with Crippen molar-refractivity contribution in [1.29, 1.82) is 0 Å². The number of primary amides is 1. The second-order valence-electron chi connectivity index (χ2n) is 3.94. The van der Waals surface area contributed by atoms with E-state index in [0.717, 1.165) is 15.3 Å². The van der Waals surface area contributed by atoms with Crippen LogP contribution in [0.2, 0.25) is 0 Å². The van der Waals surface area contributed by atoms with Crippen molar-refractivity contribution in [3.8, 4) is 0 Å². The third-order valence-electron chi connectivity index (χ3n) is 2.31. The quantitative estimate of drug-likeness (QED) is 0.776. The van der Waals surface area contributed by atoms with E-state index in [0.29, 0.717) is 13.2 Å². The van der Waals surface area contributed by atoms with Crippen molar-refractivity contribution in [1.82, 2.24) is 4.98 Å². The molecule has 1 amide bonds. The summed E-state index contributed by atoms with van der Waals surface area (Å²) in [5, 5.41) is 4.02. The predicted octanol–water partition coefficient (Wildman–Crippen LogP) is 1.52. The number of aryl methyl sites for hydroxylation is 1. The molecule has 0 radical (unpaired) electrons. The van der Waals surface area contributed by atoms with Gasteiger partial charge in [-0.1, -0.05) is 17.4 Å². The minimum Gasteiger partial charge on any atom is -0.370 e. The summed E-state index contributed by atoms with van der Waals surface area (Å²) >= 11 is 1.60. The van der Waals surface area contributed by atoms with Crippen molar-refractivity contribution in [3.63, 3.8) is 0 Å². The highest BCUT2D eigenvalue weighted by atomic mass is 32.1. The van der Waals surface area contributed by atoms with Crippen molar-refractivity contribution in [3.05, 3.63) is 23.8 Å². The highest BCUT2D eigenvalue weighted by Gasteiger charge is 2.03. The highest BCUT2D eigenvalue weighted by molar-refractivity contribution is 7.22. The van der Waals surface area contributed by atoms with Gasteiger partial charge in [-0.25, -0.2) is 4.98 Å². The Bertz CT molecular complexity index is 553. The van der Waals surface area contributed by atoms with Gasteiger partial charge in [0.1, 0.15) is 6.61 Å². The van der Waals surface area contributed by atoms with Gasteiger partial charge in [-0.15, -0.1) is 0 Å². The summed E-state index contributed by atoms with van der Waals surface area (Å²) in [6.07, 6.45) is 0. The number of nitrogens with zero attached hydrogens (tertiary/aromatic N) is 1. The molecule has 0 aliphatic carbocycles. The maximum absolute atomic E-state index is 10.4. The minimum atomic E-state index is -0.453. The number of carbonyl (C=O) groups excluding carboxylic acids is 1. The van der Waals surface area contributed by atoms with E-state index in [2.05, 4.69) is 28.5 Å². The molecule has 0 fully saturated rings. The summed E-state index contributed by atoms with van der Waals surface area (Å²) in [5.41, 5.74) is 7.16. The topological polar surface area (TPSA) is 77.2 Å². The Balaban J connectivity index is 1.86. The lowest BCUT2D eigenvalue weighted by Gasteiger charge is -2.02. The fourth-order valence-electron chi connectivity index (χ4n) is 1.52. The summed E-state index contributed by atoms with van der Waals surface area (Å²) in [4.78, 5) is 14.9. The van der Waals surface area contributed by atoms with Crippen LogP contribution in [0, 0.1) is 6.92 Å². The fraction of sp³-hybridized carbons (Fsp3) is 0.333. The van der Waals surface area contributed by atoms with Gasteiger partial charge in [-0.05, 0) is 24.6 Å². The van der Waals surface area contributed by atoms with E-state index in [9.17, 15) is 4.79 Å². The molecule has 0 spiro atoms. The number of fused-ring (bicyclic) bond motifs is 1. The van der Waals surface area contributed by atoms with Crippen molar-refractivity contribution in [2.75, 3.05) is 25.1 Å². The SMILES string of the molecule is Cc1ccc2sc(NCCOCC(N)=O)nc2c1. The molecule has 0 unspecified atom stereocenters. The first-order valence-corrected chi connectivity index (χ1v) is 6.44. The second-order valence-corrected chi connectivity index (χ2v) is 4.97. The molecular formula is C12H15N3O2S. The smallest absolute Gasteiger partial charge is 0.243 e. The number of anilines is 1.